The molecule has 0 aromatic heterocycles. The van der Waals surface area contributed by atoms with Crippen LogP contribution in [0.4, 0.5) is 0 Å². The Morgan fingerprint density at radius 3 is 0.924 bits per heavy atom. The molecule has 8 saturated heterocycles. The van der Waals surface area contributed by atoms with Gasteiger partial charge in [0.05, 0.1) is 72.1 Å². The second-order valence-corrected chi connectivity index (χ2v) is 29.4. The van der Waals surface area contributed by atoms with Crippen LogP contribution >= 0.6 is 0 Å². The van der Waals surface area contributed by atoms with Gasteiger partial charge in [0.25, 0.3) is 0 Å². The van der Waals surface area contributed by atoms with Gasteiger partial charge in [0, 0.05) is 41.5 Å². The number of carbonyl (C=O) groups is 6. The molecule has 8 aliphatic rings. The van der Waals surface area contributed by atoms with Crippen LogP contribution in [0.3, 0.4) is 0 Å². The predicted octanol–water partition coefficient (Wildman–Crippen LogP) is -20.1. The third-order valence-corrected chi connectivity index (χ3v) is 20.8. The summed E-state index contributed by atoms with van der Waals surface area (Å²) in [6.07, 6.45) is -80.4. The minimum Gasteiger partial charge on any atom is -0.394 e. The lowest BCUT2D eigenvalue weighted by atomic mass is 9.94. The van der Waals surface area contributed by atoms with Crippen LogP contribution in [0.15, 0.2) is 0 Å². The van der Waals surface area contributed by atoms with E-state index in [9.17, 15) is 151 Å². The Kier molecular flexibility index (Phi) is 37.0. The molecule has 44 atom stereocenters. The van der Waals surface area contributed by atoms with E-state index in [1.807, 2.05) is 0 Å². The van der Waals surface area contributed by atoms with Crippen molar-refractivity contribution < 1.29 is 227 Å². The summed E-state index contributed by atoms with van der Waals surface area (Å²) in [4.78, 5) is 75.8. The van der Waals surface area contributed by atoms with Gasteiger partial charge < -0.3 is 230 Å². The molecule has 8 aliphatic heterocycles. The van der Waals surface area contributed by atoms with Gasteiger partial charge in [0.2, 0.25) is 35.4 Å². The lowest BCUT2D eigenvalue weighted by Crippen LogP contribution is -2.71. The molecule has 0 unspecified atom stereocenters. The molecule has 118 heavy (non-hydrogen) atoms. The highest BCUT2D eigenvalue weighted by Crippen LogP contribution is 2.40. The molecule has 30 N–H and O–H groups in total. The quantitative estimate of drug-likeness (QED) is 0.0280. The maximum Gasteiger partial charge on any atom is 0.217 e. The topological polar surface area (TPSA) is 808 Å². The fourth-order valence-electron chi connectivity index (χ4n) is 14.9. The maximum atomic E-state index is 13.1. The highest BCUT2D eigenvalue weighted by Gasteiger charge is 2.61. The summed E-state index contributed by atoms with van der Waals surface area (Å²) in [5.41, 5.74) is 0. The molecule has 0 aromatic carbocycles. The second-order valence-electron chi connectivity index (χ2n) is 29.4. The summed E-state index contributed by atoms with van der Waals surface area (Å²) in [5, 5.41) is 283. The van der Waals surface area contributed by atoms with E-state index < -0.39 is 371 Å². The van der Waals surface area contributed by atoms with Crippen LogP contribution in [0.25, 0.3) is 0 Å². The van der Waals surface area contributed by atoms with Crippen LogP contribution < -0.4 is 31.9 Å². The minimum absolute atomic E-state index is 0.805. The van der Waals surface area contributed by atoms with Gasteiger partial charge in [-0.2, -0.15) is 0 Å². The molecule has 0 radical (unpaired) electrons. The number of nitrogens with one attached hydrogen (secondary N) is 6. The number of ether oxygens (including phenoxy) is 16. The van der Waals surface area contributed by atoms with Crippen molar-refractivity contribution in [2.75, 3.05) is 66.1 Å². The van der Waals surface area contributed by atoms with E-state index in [1.54, 1.807) is 0 Å². The van der Waals surface area contributed by atoms with Crippen LogP contribution in [-0.2, 0) is 105 Å². The molecule has 8 rings (SSSR count). The molecule has 0 spiro atoms. The molecule has 6 amide bonds. The zero-order valence-electron chi connectivity index (χ0n) is 64.2. The van der Waals surface area contributed by atoms with Crippen LogP contribution in [0.2, 0.25) is 0 Å². The molecule has 8 heterocycles. The van der Waals surface area contributed by atoms with Crippen LogP contribution in [0.5, 0.6) is 0 Å². The van der Waals surface area contributed by atoms with E-state index in [0.29, 0.717) is 0 Å². The first kappa shape index (κ1) is 98.7. The molecule has 0 aliphatic carbocycles. The Labute approximate surface area is 670 Å². The largest absolute Gasteiger partial charge is 0.394 e. The number of amides is 6. The van der Waals surface area contributed by atoms with Crippen molar-refractivity contribution in [3.8, 4) is 0 Å². The third kappa shape index (κ3) is 23.0. The first-order chi connectivity index (χ1) is 55.8. The van der Waals surface area contributed by atoms with E-state index in [2.05, 4.69) is 31.9 Å². The summed E-state index contributed by atoms with van der Waals surface area (Å²) in [6, 6.07) is -10.9. The summed E-state index contributed by atoms with van der Waals surface area (Å²) in [5.74, 6) is -5.34. The van der Waals surface area contributed by atoms with Crippen molar-refractivity contribution in [1.29, 1.82) is 0 Å². The highest BCUT2D eigenvalue weighted by atomic mass is 16.8. The number of aliphatic hydroxyl groups excluding tert-OH is 24. The molecule has 0 saturated carbocycles. The van der Waals surface area contributed by atoms with E-state index >= 15 is 0 Å². The van der Waals surface area contributed by atoms with Gasteiger partial charge in [0.1, 0.15) is 213 Å². The molecular weight excluding hydrogens is 1610 g/mol. The van der Waals surface area contributed by atoms with E-state index in [4.69, 9.17) is 75.8 Å². The Hall–Kier alpha value is -4.78. The number of rotatable bonds is 35. The van der Waals surface area contributed by atoms with Crippen molar-refractivity contribution in [3.05, 3.63) is 0 Å². The first-order valence-electron chi connectivity index (χ1n) is 37.5. The molecule has 682 valence electrons. The standard InChI is InChI=1S/C66H112N6O46/c1-17(82)67-23(7-73)38(89)52(24(88)8-74)112-61-35(70-20(4)85)48(99)55(31(15-81)108-61)115-64-51(102)56(116-66-58(50(101)42(93)28(12-78)107-66)118-63-37(72-22(6)87)47(98)54(30(14-80)110-63)114-60-34(69-19(3)84)45(96)40(91)26(10-76)105-60)43(94)32(111-64)16-103-65-57(49(100)41(92)27(11-77)106-65)117-62-36(71-21(5)86)46(97)53(29(13-79)109-62)113-59-33(68-18(2)83)44(95)39(90)25(9-75)104-59/h23-66,73-81,88-102H,7-16H2,1-6H3,(H,67,82)(H,68,83)(H,69,84)(H,70,85)(H,71,86)(H,72,87)/t23-,24+,25+,26+,27+,28+,29+,30+,31+,32+,33+,34+,35+,36+,37+,38+,39-,40-,41+,42+,43+,44+,45+,46+,47+,48+,49-,50-,51-,52+,53+,54+,55+,56-,57-,58-,59-,60-,61-,62-,63-,64-,65-,66+/m0/s1. The lowest BCUT2D eigenvalue weighted by Gasteiger charge is -2.51. The van der Waals surface area contributed by atoms with Crippen LogP contribution in [0.1, 0.15) is 41.5 Å². The molecule has 0 aromatic rings. The SMILES string of the molecule is CC(=O)N[C@H]1[C@H](O[C@@H]([C@H](O)[C@H](CO)NC(C)=O)[C@H](O)CO)O[C@H](CO)[C@@H](O[C@@H]2O[C@H](CO[C@H]3O[C@H](CO)[C@@H](O)[C@H](O)[C@@H]3O[C@@H]3O[C@H](CO)[C@@H](O[C@@H]4O[C@H](CO)[C@H](O)[C@H](O)[C@H]4NC(C)=O)[C@H](O)[C@H]3NC(C)=O)[C@@H](O)[C@H](O[C@H]3O[C@H](CO)[C@@H](O)[C@H](O)[C@@H]3O[C@@H]3O[C@H](CO)[C@@H](O[C@@H]4O[C@H](CO)[C@H](O)[C@H](O)[C@H]4NC(C)=O)[C@H](O)[C@H]3NC(C)=O)[C@@H]2O)[C@@H]1O. The van der Waals surface area contributed by atoms with E-state index in [1.165, 1.54) is 0 Å². The van der Waals surface area contributed by atoms with E-state index in [0.717, 1.165) is 41.5 Å². The van der Waals surface area contributed by atoms with Gasteiger partial charge >= 0.3 is 0 Å². The smallest absolute Gasteiger partial charge is 0.217 e. The summed E-state index contributed by atoms with van der Waals surface area (Å²) in [6.45, 7) is -5.44. The summed E-state index contributed by atoms with van der Waals surface area (Å²) in [7, 11) is 0. The zero-order chi connectivity index (χ0) is 87.5. The summed E-state index contributed by atoms with van der Waals surface area (Å²) < 4.78 is 96.3. The summed E-state index contributed by atoms with van der Waals surface area (Å²) >= 11 is 0. The van der Waals surface area contributed by atoms with E-state index in [-0.39, 0.29) is 0 Å². The molecule has 0 bridgehead atoms. The lowest BCUT2D eigenvalue weighted by molar-refractivity contribution is -0.397. The molecule has 52 nitrogen and oxygen atoms in total. The number of aliphatic hydroxyl groups is 24. The molecular formula is C66H112N6O46. The molecule has 52 heteroatoms. The van der Waals surface area contributed by atoms with Crippen molar-refractivity contribution in [3.63, 3.8) is 0 Å². The van der Waals surface area contributed by atoms with Gasteiger partial charge in [-0.1, -0.05) is 0 Å². The van der Waals surface area contributed by atoms with Gasteiger partial charge in [-0.3, -0.25) is 28.8 Å². The fourth-order valence-corrected chi connectivity index (χ4v) is 14.9. The average molecular weight is 1730 g/mol. The third-order valence-electron chi connectivity index (χ3n) is 20.8. The van der Waals surface area contributed by atoms with Crippen LogP contribution in [-0.4, -0.2) is 494 Å². The second kappa shape index (κ2) is 44.2. The fraction of sp³-hybridized carbons (Fsp3) is 0.909. The van der Waals surface area contributed by atoms with Crippen LogP contribution in [0, 0.1) is 0 Å². The van der Waals surface area contributed by atoms with Crippen molar-refractivity contribution in [2.24, 2.45) is 0 Å². The normalized spacial score (nSPS) is 44.1. The highest BCUT2D eigenvalue weighted by molar-refractivity contribution is 5.75. The Bertz CT molecular complexity index is 3180. The number of hydrogen-bond donors (Lipinski definition) is 30. The van der Waals surface area contributed by atoms with Gasteiger partial charge in [-0.05, 0) is 0 Å². The Morgan fingerprint density at radius 2 is 0.576 bits per heavy atom. The first-order valence-corrected chi connectivity index (χ1v) is 37.5. The Morgan fingerprint density at radius 1 is 0.288 bits per heavy atom. The zero-order valence-corrected chi connectivity index (χ0v) is 64.2. The number of carbonyl (C=O) groups excluding carboxylic acids is 6. The van der Waals surface area contributed by atoms with Gasteiger partial charge in [0.15, 0.2) is 50.3 Å². The van der Waals surface area contributed by atoms with Crippen molar-refractivity contribution in [2.45, 2.75) is 311 Å². The van der Waals surface area contributed by atoms with Crippen molar-refractivity contribution >= 4 is 35.4 Å². The average Bonchev–Trinajstić information content (AvgIpc) is 0.768. The monoisotopic (exact) mass is 1720 g/mol. The molecule has 8 fully saturated rings. The predicted molar refractivity (Wildman–Crippen MR) is 369 cm³/mol. The minimum atomic E-state index is -2.61. The number of hydrogen-bond acceptors (Lipinski definition) is 46. The van der Waals surface area contributed by atoms with Gasteiger partial charge in [-0.15, -0.1) is 0 Å². The Balaban J connectivity index is 1.16. The van der Waals surface area contributed by atoms with Crippen molar-refractivity contribution in [1.82, 2.24) is 31.9 Å². The maximum absolute atomic E-state index is 13.1. The van der Waals surface area contributed by atoms with Gasteiger partial charge in [-0.25, -0.2) is 0 Å².